The first-order chi connectivity index (χ1) is 11.7. The summed E-state index contributed by atoms with van der Waals surface area (Å²) in [6, 6.07) is 15.3. The van der Waals surface area contributed by atoms with E-state index in [0.717, 1.165) is 17.0 Å². The Bertz CT molecular complexity index is 709. The summed E-state index contributed by atoms with van der Waals surface area (Å²) < 4.78 is 5.44. The van der Waals surface area contributed by atoms with Gasteiger partial charge in [0.15, 0.2) is 0 Å². The number of rotatable bonds is 8. The fourth-order valence-electron chi connectivity index (χ4n) is 1.91. The number of hydrazone groups is 1. The van der Waals surface area contributed by atoms with Crippen LogP contribution in [-0.2, 0) is 4.79 Å². The van der Waals surface area contributed by atoms with Crippen LogP contribution in [-0.4, -0.2) is 25.3 Å². The van der Waals surface area contributed by atoms with Crippen LogP contribution in [0, 0.1) is 6.92 Å². The Morgan fingerprint density at radius 2 is 2.04 bits per heavy atom. The summed E-state index contributed by atoms with van der Waals surface area (Å²) >= 11 is 0. The van der Waals surface area contributed by atoms with Gasteiger partial charge in [-0.1, -0.05) is 42.5 Å². The topological polar surface area (TPSA) is 62.7 Å². The minimum Gasteiger partial charge on any atom is -0.490 e. The molecule has 0 atom stereocenters. The molecule has 5 heteroatoms. The Hall–Kier alpha value is -3.08. The first-order valence-electron chi connectivity index (χ1n) is 7.63. The van der Waals surface area contributed by atoms with Crippen molar-refractivity contribution in [3.8, 4) is 5.75 Å². The predicted molar refractivity (Wildman–Crippen MR) is 97.5 cm³/mol. The molecule has 0 spiro atoms. The van der Waals surface area contributed by atoms with Gasteiger partial charge in [-0.2, -0.15) is 5.10 Å². The summed E-state index contributed by atoms with van der Waals surface area (Å²) in [5.41, 5.74) is 5.39. The third kappa shape index (κ3) is 5.96. The molecule has 2 N–H and O–H groups in total. The highest BCUT2D eigenvalue weighted by atomic mass is 16.5. The summed E-state index contributed by atoms with van der Waals surface area (Å²) in [4.78, 5) is 11.8. The van der Waals surface area contributed by atoms with Gasteiger partial charge in [0.2, 0.25) is 0 Å². The molecule has 0 saturated heterocycles. The maximum Gasteiger partial charge on any atom is 0.259 e. The van der Waals surface area contributed by atoms with Crippen LogP contribution in [0.25, 0.3) is 0 Å². The fourth-order valence-corrected chi connectivity index (χ4v) is 1.91. The number of carbonyl (C=O) groups is 1. The second-order valence-electron chi connectivity index (χ2n) is 5.18. The first-order valence-corrected chi connectivity index (χ1v) is 7.63. The molecule has 0 bridgehead atoms. The lowest BCUT2D eigenvalue weighted by Crippen LogP contribution is -2.25. The van der Waals surface area contributed by atoms with Gasteiger partial charge in [-0.25, -0.2) is 5.43 Å². The zero-order chi connectivity index (χ0) is 17.2. The number of hydrogen-bond acceptors (Lipinski definition) is 4. The Labute approximate surface area is 142 Å². The first kappa shape index (κ1) is 17.3. The molecule has 0 aromatic heterocycles. The lowest BCUT2D eigenvalue weighted by molar-refractivity contribution is -0.119. The van der Waals surface area contributed by atoms with Crippen molar-refractivity contribution in [2.24, 2.45) is 5.10 Å². The molecule has 24 heavy (non-hydrogen) atoms. The van der Waals surface area contributed by atoms with Crippen molar-refractivity contribution in [2.75, 3.05) is 18.5 Å². The molecule has 5 nitrogen and oxygen atoms in total. The lowest BCUT2D eigenvalue weighted by Gasteiger charge is -2.05. The monoisotopic (exact) mass is 323 g/mol. The SMILES string of the molecule is C=CCOc1cccc(/C=N\NC(=O)CNc2ccc(C)cc2)c1. The normalized spacial score (nSPS) is 10.4. The second kappa shape index (κ2) is 9.15. The van der Waals surface area contributed by atoms with Gasteiger partial charge >= 0.3 is 0 Å². The molecule has 0 radical (unpaired) electrons. The van der Waals surface area contributed by atoms with Crippen molar-refractivity contribution in [3.05, 3.63) is 72.3 Å². The van der Waals surface area contributed by atoms with Crippen LogP contribution in [0.3, 0.4) is 0 Å². The van der Waals surface area contributed by atoms with Crippen LogP contribution in [0.2, 0.25) is 0 Å². The van der Waals surface area contributed by atoms with E-state index in [2.05, 4.69) is 22.4 Å². The van der Waals surface area contributed by atoms with Crippen molar-refractivity contribution < 1.29 is 9.53 Å². The molecule has 124 valence electrons. The van der Waals surface area contributed by atoms with Gasteiger partial charge in [0.1, 0.15) is 12.4 Å². The summed E-state index contributed by atoms with van der Waals surface area (Å²) in [6.07, 6.45) is 3.26. The van der Waals surface area contributed by atoms with E-state index in [1.807, 2.05) is 55.5 Å². The Balaban J connectivity index is 1.79. The fraction of sp³-hybridized carbons (Fsp3) is 0.158. The number of amides is 1. The zero-order valence-corrected chi connectivity index (χ0v) is 13.7. The number of nitrogens with zero attached hydrogens (tertiary/aromatic N) is 1. The van der Waals surface area contributed by atoms with Crippen LogP contribution in [0.1, 0.15) is 11.1 Å². The van der Waals surface area contributed by atoms with E-state index < -0.39 is 0 Å². The molecule has 0 heterocycles. The Morgan fingerprint density at radius 1 is 1.25 bits per heavy atom. The number of hydrogen-bond donors (Lipinski definition) is 2. The molecule has 2 aromatic carbocycles. The quantitative estimate of drug-likeness (QED) is 0.446. The summed E-state index contributed by atoms with van der Waals surface area (Å²) in [6.45, 7) is 6.22. The number of aryl methyl sites for hydroxylation is 1. The number of benzene rings is 2. The summed E-state index contributed by atoms with van der Waals surface area (Å²) in [5, 5.41) is 6.99. The van der Waals surface area contributed by atoms with Crippen molar-refractivity contribution in [2.45, 2.75) is 6.92 Å². The van der Waals surface area contributed by atoms with Crippen LogP contribution in [0.15, 0.2) is 66.3 Å². The average Bonchev–Trinajstić information content (AvgIpc) is 2.60. The van der Waals surface area contributed by atoms with E-state index in [4.69, 9.17) is 4.74 Å². The van der Waals surface area contributed by atoms with Gasteiger partial charge < -0.3 is 10.1 Å². The van der Waals surface area contributed by atoms with Gasteiger partial charge in [-0.05, 0) is 36.8 Å². The van der Waals surface area contributed by atoms with E-state index >= 15 is 0 Å². The molecule has 1 amide bonds. The third-order valence-corrected chi connectivity index (χ3v) is 3.13. The molecule has 0 saturated carbocycles. The van der Waals surface area contributed by atoms with Gasteiger partial charge in [0.25, 0.3) is 5.91 Å². The number of ether oxygens (including phenoxy) is 1. The van der Waals surface area contributed by atoms with Gasteiger partial charge in [0, 0.05) is 5.69 Å². The minimum atomic E-state index is -0.217. The standard InChI is InChI=1S/C19H21N3O2/c1-3-11-24-18-6-4-5-16(12-18)13-21-22-19(23)14-20-17-9-7-15(2)8-10-17/h3-10,12-13,20H,1,11,14H2,2H3,(H,22,23)/b21-13-. The third-order valence-electron chi connectivity index (χ3n) is 3.13. The number of carbonyl (C=O) groups excluding carboxylic acids is 1. The van der Waals surface area contributed by atoms with Crippen LogP contribution in [0.5, 0.6) is 5.75 Å². The maximum atomic E-state index is 11.8. The zero-order valence-electron chi connectivity index (χ0n) is 13.7. The van der Waals surface area contributed by atoms with E-state index in [0.29, 0.717) is 6.61 Å². The molecule has 2 rings (SSSR count). The maximum absolute atomic E-state index is 11.8. The molecule has 0 aliphatic heterocycles. The summed E-state index contributed by atoms with van der Waals surface area (Å²) in [5.74, 6) is 0.511. The van der Waals surface area contributed by atoms with Crippen LogP contribution < -0.4 is 15.5 Å². The van der Waals surface area contributed by atoms with E-state index in [-0.39, 0.29) is 12.5 Å². The molecule has 0 fully saturated rings. The van der Waals surface area contributed by atoms with Crippen molar-refractivity contribution in [1.82, 2.24) is 5.43 Å². The van der Waals surface area contributed by atoms with Crippen molar-refractivity contribution in [3.63, 3.8) is 0 Å². The van der Waals surface area contributed by atoms with Gasteiger partial charge in [-0.15, -0.1) is 0 Å². The van der Waals surface area contributed by atoms with Gasteiger partial charge in [0.05, 0.1) is 12.8 Å². The van der Waals surface area contributed by atoms with E-state index in [1.54, 1.807) is 12.3 Å². The Morgan fingerprint density at radius 3 is 2.79 bits per heavy atom. The smallest absolute Gasteiger partial charge is 0.259 e. The van der Waals surface area contributed by atoms with E-state index in [1.165, 1.54) is 5.56 Å². The molecule has 0 aliphatic rings. The van der Waals surface area contributed by atoms with Crippen molar-refractivity contribution >= 4 is 17.8 Å². The summed E-state index contributed by atoms with van der Waals surface area (Å²) in [7, 11) is 0. The van der Waals surface area contributed by atoms with Crippen LogP contribution in [0.4, 0.5) is 5.69 Å². The lowest BCUT2D eigenvalue weighted by atomic mass is 10.2. The van der Waals surface area contributed by atoms with E-state index in [9.17, 15) is 4.79 Å². The molecular weight excluding hydrogens is 302 g/mol. The second-order valence-corrected chi connectivity index (χ2v) is 5.18. The molecule has 2 aromatic rings. The minimum absolute atomic E-state index is 0.156. The molecular formula is C19H21N3O2. The number of nitrogens with one attached hydrogen (secondary N) is 2. The highest BCUT2D eigenvalue weighted by Gasteiger charge is 1.99. The average molecular weight is 323 g/mol. The van der Waals surface area contributed by atoms with Gasteiger partial charge in [-0.3, -0.25) is 4.79 Å². The number of anilines is 1. The Kier molecular flexibility index (Phi) is 6.58. The highest BCUT2D eigenvalue weighted by molar-refractivity contribution is 5.84. The van der Waals surface area contributed by atoms with Crippen molar-refractivity contribution in [1.29, 1.82) is 0 Å². The highest BCUT2D eigenvalue weighted by Crippen LogP contribution is 2.11. The predicted octanol–water partition coefficient (Wildman–Crippen LogP) is 3.12. The van der Waals surface area contributed by atoms with Crippen LogP contribution >= 0.6 is 0 Å². The molecule has 0 aliphatic carbocycles. The molecule has 0 unspecified atom stereocenters. The largest absolute Gasteiger partial charge is 0.490 e.